The van der Waals surface area contributed by atoms with Crippen LogP contribution in [0.5, 0.6) is 0 Å². The van der Waals surface area contributed by atoms with Crippen LogP contribution in [-0.4, -0.2) is 0 Å². The second kappa shape index (κ2) is 13.0. The third-order valence-electron chi connectivity index (χ3n) is 14.5. The minimum Gasteiger partial charge on any atom is -0.309 e. The largest absolute Gasteiger partial charge is 0.309 e. The van der Waals surface area contributed by atoms with Crippen LogP contribution in [0, 0.1) is 11.8 Å². The standard InChI is InChI=1S/C54H51N/c1-54(2)48-23-9-8-20-44(48)46-31-32-50(52(53(46)54)45-22-10-16-36-15-6-7-19-42(36)45)55(41-29-27-38(28-30-41)47-34-35-25-26-40(47)33-35)49-24-12-18-39-17-11-21-43(51(39)49)37-13-4-3-5-14-37/h6-12,15-24,27-32,35,37,40,47H,3-5,13-14,25-26,33-34H2,1-2H3. The molecule has 4 aliphatic rings. The Bertz CT molecular complexity index is 2570. The first-order chi connectivity index (χ1) is 27.0. The zero-order valence-electron chi connectivity index (χ0n) is 32.4. The van der Waals surface area contributed by atoms with Gasteiger partial charge in [-0.05, 0) is 135 Å². The number of benzene rings is 7. The first-order valence-electron chi connectivity index (χ1n) is 21.2. The van der Waals surface area contributed by atoms with Gasteiger partial charge in [0.15, 0.2) is 0 Å². The van der Waals surface area contributed by atoms with E-state index in [1.807, 2.05) is 0 Å². The van der Waals surface area contributed by atoms with Crippen molar-refractivity contribution in [3.05, 3.63) is 162 Å². The third kappa shape index (κ3) is 5.26. The van der Waals surface area contributed by atoms with Gasteiger partial charge in [-0.25, -0.2) is 0 Å². The Balaban J connectivity index is 1.21. The lowest BCUT2D eigenvalue weighted by Gasteiger charge is -2.34. The zero-order valence-corrected chi connectivity index (χ0v) is 32.4. The van der Waals surface area contributed by atoms with Crippen LogP contribution in [0.3, 0.4) is 0 Å². The van der Waals surface area contributed by atoms with E-state index >= 15 is 0 Å². The first kappa shape index (κ1) is 33.2. The summed E-state index contributed by atoms with van der Waals surface area (Å²) in [6.07, 6.45) is 12.2. The molecule has 272 valence electrons. The minimum absolute atomic E-state index is 0.183. The van der Waals surface area contributed by atoms with Crippen LogP contribution >= 0.6 is 0 Å². The van der Waals surface area contributed by atoms with Crippen LogP contribution in [-0.2, 0) is 5.41 Å². The summed E-state index contributed by atoms with van der Waals surface area (Å²) >= 11 is 0. The molecule has 11 rings (SSSR count). The van der Waals surface area contributed by atoms with Crippen molar-refractivity contribution in [3.8, 4) is 22.3 Å². The highest BCUT2D eigenvalue weighted by Gasteiger charge is 2.41. The number of rotatable bonds is 6. The van der Waals surface area contributed by atoms with Gasteiger partial charge in [-0.2, -0.15) is 0 Å². The van der Waals surface area contributed by atoms with Gasteiger partial charge in [0.25, 0.3) is 0 Å². The lowest BCUT2D eigenvalue weighted by atomic mass is 9.77. The lowest BCUT2D eigenvalue weighted by molar-refractivity contribution is 0.420. The molecule has 0 radical (unpaired) electrons. The van der Waals surface area contributed by atoms with Gasteiger partial charge < -0.3 is 4.90 Å². The van der Waals surface area contributed by atoms with Crippen molar-refractivity contribution in [1.82, 2.24) is 0 Å². The third-order valence-corrected chi connectivity index (χ3v) is 14.5. The monoisotopic (exact) mass is 713 g/mol. The number of fused-ring (bicyclic) bond motifs is 7. The van der Waals surface area contributed by atoms with E-state index in [1.54, 1.807) is 0 Å². The van der Waals surface area contributed by atoms with Crippen LogP contribution in [0.15, 0.2) is 140 Å². The predicted molar refractivity (Wildman–Crippen MR) is 233 cm³/mol. The molecular weight excluding hydrogens is 663 g/mol. The fourth-order valence-corrected chi connectivity index (χ4v) is 12.0. The molecule has 0 heterocycles. The summed E-state index contributed by atoms with van der Waals surface area (Å²) in [6.45, 7) is 4.90. The van der Waals surface area contributed by atoms with Crippen LogP contribution in [0.25, 0.3) is 43.8 Å². The second-order valence-electron chi connectivity index (χ2n) is 17.8. The average Bonchev–Trinajstić information content (AvgIpc) is 3.94. The van der Waals surface area contributed by atoms with Crippen molar-refractivity contribution >= 4 is 38.6 Å². The van der Waals surface area contributed by atoms with Gasteiger partial charge >= 0.3 is 0 Å². The number of nitrogens with zero attached hydrogens (tertiary/aromatic N) is 1. The van der Waals surface area contributed by atoms with E-state index in [2.05, 4.69) is 158 Å². The molecule has 3 saturated carbocycles. The average molecular weight is 714 g/mol. The van der Waals surface area contributed by atoms with Gasteiger partial charge in [0.2, 0.25) is 0 Å². The lowest BCUT2D eigenvalue weighted by Crippen LogP contribution is -2.19. The van der Waals surface area contributed by atoms with Gasteiger partial charge in [0.05, 0.1) is 11.4 Å². The van der Waals surface area contributed by atoms with E-state index in [0.29, 0.717) is 11.8 Å². The van der Waals surface area contributed by atoms with Crippen molar-refractivity contribution in [2.75, 3.05) is 4.90 Å². The van der Waals surface area contributed by atoms with Crippen molar-refractivity contribution in [1.29, 1.82) is 0 Å². The highest BCUT2D eigenvalue weighted by atomic mass is 15.1. The summed E-state index contributed by atoms with van der Waals surface area (Å²) in [6, 6.07) is 54.0. The number of hydrogen-bond acceptors (Lipinski definition) is 1. The van der Waals surface area contributed by atoms with Gasteiger partial charge in [0, 0.05) is 22.1 Å². The Morgan fingerprint density at radius 3 is 2.09 bits per heavy atom. The number of anilines is 3. The van der Waals surface area contributed by atoms with E-state index in [1.165, 1.54) is 141 Å². The Labute approximate surface area is 327 Å². The highest BCUT2D eigenvalue weighted by molar-refractivity contribution is 6.08. The molecular formula is C54H51N. The molecule has 7 aromatic rings. The summed E-state index contributed by atoms with van der Waals surface area (Å²) in [5, 5.41) is 5.34. The summed E-state index contributed by atoms with van der Waals surface area (Å²) in [7, 11) is 0. The SMILES string of the molecule is CC1(C)c2ccccc2-c2ccc(N(c3ccc(C4CC5CCC4C5)cc3)c3cccc4cccc(C5CCCCC5)c34)c(-c3cccc4ccccc34)c21. The quantitative estimate of drug-likeness (QED) is 0.166. The highest BCUT2D eigenvalue weighted by Crippen LogP contribution is 2.58. The minimum atomic E-state index is -0.183. The van der Waals surface area contributed by atoms with Crippen molar-refractivity contribution in [2.45, 2.75) is 88.9 Å². The molecule has 1 nitrogen and oxygen atoms in total. The Morgan fingerprint density at radius 1 is 0.545 bits per heavy atom. The smallest absolute Gasteiger partial charge is 0.0544 e. The summed E-state index contributed by atoms with van der Waals surface area (Å²) in [5.74, 6) is 3.10. The van der Waals surface area contributed by atoms with Crippen LogP contribution in [0.2, 0.25) is 0 Å². The van der Waals surface area contributed by atoms with Crippen molar-refractivity contribution < 1.29 is 0 Å². The normalized spacial score (nSPS) is 21.2. The molecule has 1 heteroatoms. The van der Waals surface area contributed by atoms with Crippen LogP contribution < -0.4 is 4.90 Å². The molecule has 3 fully saturated rings. The van der Waals surface area contributed by atoms with Crippen LogP contribution in [0.1, 0.15) is 106 Å². The van der Waals surface area contributed by atoms with Crippen molar-refractivity contribution in [2.24, 2.45) is 11.8 Å². The Morgan fingerprint density at radius 2 is 1.27 bits per heavy atom. The molecule has 7 aromatic carbocycles. The van der Waals surface area contributed by atoms with E-state index in [-0.39, 0.29) is 5.41 Å². The topological polar surface area (TPSA) is 3.24 Å². The first-order valence-corrected chi connectivity index (χ1v) is 21.2. The van der Waals surface area contributed by atoms with Gasteiger partial charge in [-0.3, -0.25) is 0 Å². The predicted octanol–water partition coefficient (Wildman–Crippen LogP) is 15.4. The summed E-state index contributed by atoms with van der Waals surface area (Å²) in [4.78, 5) is 2.66. The van der Waals surface area contributed by atoms with Gasteiger partial charge in [-0.15, -0.1) is 0 Å². The zero-order chi connectivity index (χ0) is 36.7. The molecule has 0 spiro atoms. The van der Waals surface area contributed by atoms with E-state index in [0.717, 1.165) is 11.8 Å². The molecule has 3 atom stereocenters. The van der Waals surface area contributed by atoms with Gasteiger partial charge in [0.1, 0.15) is 0 Å². The Hall–Kier alpha value is -5.14. The fourth-order valence-electron chi connectivity index (χ4n) is 12.0. The fraction of sp³-hybridized carbons (Fsp3) is 0.296. The van der Waals surface area contributed by atoms with E-state index in [4.69, 9.17) is 0 Å². The maximum absolute atomic E-state index is 2.66. The molecule has 4 aliphatic carbocycles. The maximum Gasteiger partial charge on any atom is 0.0544 e. The summed E-state index contributed by atoms with van der Waals surface area (Å²) < 4.78 is 0. The molecule has 0 aliphatic heterocycles. The Kier molecular flexibility index (Phi) is 7.84. The van der Waals surface area contributed by atoms with E-state index < -0.39 is 0 Å². The summed E-state index contributed by atoms with van der Waals surface area (Å²) in [5.41, 5.74) is 14.9. The number of hydrogen-bond donors (Lipinski definition) is 0. The molecule has 0 saturated heterocycles. The molecule has 55 heavy (non-hydrogen) atoms. The molecule has 3 unspecified atom stereocenters. The van der Waals surface area contributed by atoms with E-state index in [9.17, 15) is 0 Å². The molecule has 0 aromatic heterocycles. The van der Waals surface area contributed by atoms with Crippen molar-refractivity contribution in [3.63, 3.8) is 0 Å². The maximum atomic E-state index is 2.66. The second-order valence-corrected chi connectivity index (χ2v) is 17.8. The molecule has 0 N–H and O–H groups in total. The molecule has 0 amide bonds. The van der Waals surface area contributed by atoms with Crippen LogP contribution in [0.4, 0.5) is 17.1 Å². The van der Waals surface area contributed by atoms with Gasteiger partial charge in [-0.1, -0.05) is 155 Å². The molecule has 2 bridgehead atoms.